The average molecular weight is 456 g/mol. The molecule has 3 unspecified atom stereocenters. The van der Waals surface area contributed by atoms with Gasteiger partial charge in [0.05, 0.1) is 11.6 Å². The molecule has 0 radical (unpaired) electrons. The van der Waals surface area contributed by atoms with Crippen LogP contribution in [0.3, 0.4) is 0 Å². The summed E-state index contributed by atoms with van der Waals surface area (Å²) in [5, 5.41) is 0. The van der Waals surface area contributed by atoms with E-state index < -0.39 is 17.8 Å². The minimum Gasteiger partial charge on any atom is -0.472 e. The quantitative estimate of drug-likeness (QED) is 0.548. The van der Waals surface area contributed by atoms with E-state index in [0.717, 1.165) is 17.8 Å². The molecule has 1 saturated heterocycles. The first-order chi connectivity index (χ1) is 15.7. The molecule has 0 N–H and O–H groups in total. The molecule has 3 aromatic rings. The molecule has 3 heterocycles. The number of carbonyl (C=O) groups is 1. The van der Waals surface area contributed by atoms with Gasteiger partial charge in [-0.25, -0.2) is 9.97 Å². The third-order valence-corrected chi connectivity index (χ3v) is 5.67. The number of alkyl halides is 3. The van der Waals surface area contributed by atoms with Gasteiger partial charge in [-0.3, -0.25) is 9.78 Å². The van der Waals surface area contributed by atoms with Gasteiger partial charge in [0, 0.05) is 36.8 Å². The summed E-state index contributed by atoms with van der Waals surface area (Å²) < 4.78 is 44.2. The zero-order valence-corrected chi connectivity index (χ0v) is 18.2. The Labute approximate surface area is 189 Å². The van der Waals surface area contributed by atoms with Gasteiger partial charge in [-0.15, -0.1) is 0 Å². The van der Waals surface area contributed by atoms with Crippen LogP contribution in [0.4, 0.5) is 13.2 Å². The second kappa shape index (κ2) is 9.17. The highest BCUT2D eigenvalue weighted by atomic mass is 19.4. The Morgan fingerprint density at radius 2 is 1.82 bits per heavy atom. The van der Waals surface area contributed by atoms with Crippen LogP contribution < -0.4 is 4.74 Å². The monoisotopic (exact) mass is 456 g/mol. The molecule has 1 amide bonds. The molecule has 33 heavy (non-hydrogen) atoms. The van der Waals surface area contributed by atoms with Gasteiger partial charge < -0.3 is 9.64 Å². The number of benzene rings is 1. The van der Waals surface area contributed by atoms with E-state index in [1.807, 2.05) is 37.3 Å². The number of aromatic nitrogens is 3. The van der Waals surface area contributed by atoms with Crippen molar-refractivity contribution in [2.75, 3.05) is 6.54 Å². The van der Waals surface area contributed by atoms with Gasteiger partial charge in [-0.2, -0.15) is 13.2 Å². The Morgan fingerprint density at radius 1 is 1.09 bits per heavy atom. The van der Waals surface area contributed by atoms with Crippen LogP contribution in [0, 0.1) is 5.92 Å². The van der Waals surface area contributed by atoms with Gasteiger partial charge in [0.2, 0.25) is 5.88 Å². The lowest BCUT2D eigenvalue weighted by molar-refractivity contribution is -0.137. The molecule has 1 fully saturated rings. The topological polar surface area (TPSA) is 68.2 Å². The molecule has 1 aromatic carbocycles. The van der Waals surface area contributed by atoms with E-state index in [4.69, 9.17) is 4.74 Å². The highest BCUT2D eigenvalue weighted by Gasteiger charge is 2.39. The Kier molecular flexibility index (Phi) is 6.31. The number of hydrogen-bond donors (Lipinski definition) is 0. The van der Waals surface area contributed by atoms with Crippen molar-refractivity contribution in [2.24, 2.45) is 5.92 Å². The fourth-order valence-corrected chi connectivity index (χ4v) is 4.09. The van der Waals surface area contributed by atoms with E-state index in [9.17, 15) is 18.0 Å². The summed E-state index contributed by atoms with van der Waals surface area (Å²) >= 11 is 0. The molecule has 1 aliphatic rings. The lowest BCUT2D eigenvalue weighted by Gasteiger charge is -2.29. The van der Waals surface area contributed by atoms with Gasteiger partial charge in [-0.05, 0) is 25.3 Å². The molecule has 0 aliphatic carbocycles. The third-order valence-electron chi connectivity index (χ3n) is 5.67. The summed E-state index contributed by atoms with van der Waals surface area (Å²) in [7, 11) is 0. The van der Waals surface area contributed by atoms with Crippen LogP contribution in [0.1, 0.15) is 36.3 Å². The number of pyridine rings is 1. The van der Waals surface area contributed by atoms with Crippen molar-refractivity contribution < 1.29 is 22.7 Å². The normalized spacial score (nSPS) is 19.4. The van der Waals surface area contributed by atoms with Crippen LogP contribution in [0.25, 0.3) is 11.3 Å². The number of carbonyl (C=O) groups excluding carboxylic acids is 1. The van der Waals surface area contributed by atoms with Crippen molar-refractivity contribution in [3.05, 3.63) is 72.3 Å². The van der Waals surface area contributed by atoms with Crippen LogP contribution in [0.15, 0.2) is 61.1 Å². The Morgan fingerprint density at radius 3 is 2.48 bits per heavy atom. The molecule has 1 aliphatic heterocycles. The summed E-state index contributed by atoms with van der Waals surface area (Å²) in [5.74, 6) is 0.0430. The van der Waals surface area contributed by atoms with Crippen molar-refractivity contribution in [1.29, 1.82) is 0 Å². The van der Waals surface area contributed by atoms with Gasteiger partial charge in [0.15, 0.2) is 5.69 Å². The second-order valence-electron chi connectivity index (χ2n) is 8.19. The van der Waals surface area contributed by atoms with Gasteiger partial charge >= 0.3 is 6.18 Å². The minimum absolute atomic E-state index is 0.0759. The standard InChI is InChI=1S/C24H23F3N4O2/c1-15-12-19(16(2)33-20-9-8-18(13-30-20)24(25,26)27)31(14-15)23(32)22-21(28-10-11-29-22)17-6-4-3-5-7-17/h3-11,13,15-16,19H,12,14H2,1-2H3. The van der Waals surface area contributed by atoms with Gasteiger partial charge in [0.25, 0.3) is 5.91 Å². The number of halogens is 3. The molecule has 2 aromatic heterocycles. The van der Waals surface area contributed by atoms with Crippen molar-refractivity contribution >= 4 is 5.91 Å². The lowest BCUT2D eigenvalue weighted by atomic mass is 10.0. The van der Waals surface area contributed by atoms with Crippen LogP contribution in [-0.2, 0) is 6.18 Å². The largest absolute Gasteiger partial charge is 0.472 e. The number of ether oxygens (including phenoxy) is 1. The predicted octanol–water partition coefficient (Wildman–Crippen LogP) is 4.88. The van der Waals surface area contributed by atoms with E-state index >= 15 is 0 Å². The van der Waals surface area contributed by atoms with Crippen LogP contribution >= 0.6 is 0 Å². The number of likely N-dealkylation sites (tertiary alicyclic amines) is 1. The number of nitrogens with zero attached hydrogens (tertiary/aromatic N) is 4. The summed E-state index contributed by atoms with van der Waals surface area (Å²) in [6.07, 6.45) is -0.484. The van der Waals surface area contributed by atoms with Crippen LogP contribution in [-0.4, -0.2) is 44.4 Å². The third kappa shape index (κ3) is 4.97. The van der Waals surface area contributed by atoms with E-state index in [1.54, 1.807) is 18.0 Å². The van der Waals surface area contributed by atoms with Gasteiger partial charge in [0.1, 0.15) is 11.8 Å². The summed E-state index contributed by atoms with van der Waals surface area (Å²) in [4.78, 5) is 27.7. The molecule has 3 atom stereocenters. The Bertz CT molecular complexity index is 1110. The Hall–Kier alpha value is -3.49. The maximum atomic E-state index is 13.5. The maximum absolute atomic E-state index is 13.5. The van der Waals surface area contributed by atoms with Crippen molar-refractivity contribution in [3.8, 4) is 17.1 Å². The van der Waals surface area contributed by atoms with E-state index in [-0.39, 0.29) is 29.4 Å². The molecular formula is C24H23F3N4O2. The van der Waals surface area contributed by atoms with Crippen molar-refractivity contribution in [1.82, 2.24) is 19.9 Å². The fourth-order valence-electron chi connectivity index (χ4n) is 4.09. The molecule has 0 saturated carbocycles. The number of hydrogen-bond acceptors (Lipinski definition) is 5. The smallest absolute Gasteiger partial charge is 0.417 e. The molecule has 0 spiro atoms. The summed E-state index contributed by atoms with van der Waals surface area (Å²) in [6, 6.07) is 11.2. The van der Waals surface area contributed by atoms with Gasteiger partial charge in [-0.1, -0.05) is 37.3 Å². The van der Waals surface area contributed by atoms with E-state index in [2.05, 4.69) is 15.0 Å². The van der Waals surface area contributed by atoms with E-state index in [0.29, 0.717) is 18.7 Å². The van der Waals surface area contributed by atoms with E-state index in [1.165, 1.54) is 12.3 Å². The highest BCUT2D eigenvalue weighted by Crippen LogP contribution is 2.32. The first-order valence-electron chi connectivity index (χ1n) is 10.6. The number of rotatable bonds is 5. The van der Waals surface area contributed by atoms with Crippen molar-refractivity contribution in [2.45, 2.75) is 38.6 Å². The summed E-state index contributed by atoms with van der Waals surface area (Å²) in [5.41, 5.74) is 0.697. The molecule has 9 heteroatoms. The Balaban J connectivity index is 1.55. The SMILES string of the molecule is CC1CC(C(C)Oc2ccc(C(F)(F)F)cn2)N(C(=O)c2nccnc2-c2ccccc2)C1. The first kappa shape index (κ1) is 22.7. The van der Waals surface area contributed by atoms with Crippen LogP contribution in [0.5, 0.6) is 5.88 Å². The predicted molar refractivity (Wildman–Crippen MR) is 115 cm³/mol. The second-order valence-corrected chi connectivity index (χ2v) is 8.19. The molecular weight excluding hydrogens is 433 g/mol. The lowest BCUT2D eigenvalue weighted by Crippen LogP contribution is -2.44. The highest BCUT2D eigenvalue weighted by molar-refractivity contribution is 5.98. The maximum Gasteiger partial charge on any atom is 0.417 e. The average Bonchev–Trinajstić information content (AvgIpc) is 3.21. The zero-order chi connectivity index (χ0) is 23.6. The molecule has 0 bridgehead atoms. The van der Waals surface area contributed by atoms with Crippen molar-refractivity contribution in [3.63, 3.8) is 0 Å². The van der Waals surface area contributed by atoms with Crippen LogP contribution in [0.2, 0.25) is 0 Å². The zero-order valence-electron chi connectivity index (χ0n) is 18.2. The minimum atomic E-state index is -4.46. The summed E-state index contributed by atoms with van der Waals surface area (Å²) in [6.45, 7) is 4.34. The molecule has 172 valence electrons. The number of amides is 1. The fraction of sp³-hybridized carbons (Fsp3) is 0.333. The molecule has 6 nitrogen and oxygen atoms in total. The molecule has 4 rings (SSSR count). The first-order valence-corrected chi connectivity index (χ1v) is 10.6.